The van der Waals surface area contributed by atoms with Crippen LogP contribution >= 0.6 is 11.3 Å². The van der Waals surface area contributed by atoms with Crippen LogP contribution in [0, 0.1) is 13.8 Å². The monoisotopic (exact) mass is 392 g/mol. The first-order valence-corrected chi connectivity index (χ1v) is 9.50. The lowest BCUT2D eigenvalue weighted by Crippen LogP contribution is -2.31. The highest BCUT2D eigenvalue weighted by Crippen LogP contribution is 2.34. The number of thiazole rings is 1. The second-order valence-electron chi connectivity index (χ2n) is 5.32. The minimum absolute atomic E-state index is 0.111. The number of rotatable bonds is 5. The normalized spacial score (nSPS) is 12.2. The summed E-state index contributed by atoms with van der Waals surface area (Å²) in [6, 6.07) is 2.83. The predicted molar refractivity (Wildman–Crippen MR) is 86.7 cm³/mol. The van der Waals surface area contributed by atoms with E-state index >= 15 is 0 Å². The lowest BCUT2D eigenvalue weighted by atomic mass is 10.1. The molecule has 5 nitrogen and oxygen atoms in total. The average Bonchev–Trinajstić information content (AvgIpc) is 2.88. The van der Waals surface area contributed by atoms with E-state index in [2.05, 4.69) is 4.98 Å². The number of alkyl halides is 3. The Labute approximate surface area is 147 Å². The first-order valence-electron chi connectivity index (χ1n) is 7.14. The highest BCUT2D eigenvalue weighted by atomic mass is 32.2. The molecule has 0 unspecified atom stereocenters. The number of benzene rings is 1. The zero-order chi connectivity index (χ0) is 18.8. The van der Waals surface area contributed by atoms with Gasteiger partial charge in [0.1, 0.15) is 0 Å². The van der Waals surface area contributed by atoms with Crippen LogP contribution in [0.2, 0.25) is 0 Å². The minimum atomic E-state index is -4.68. The molecule has 2 aromatic rings. The van der Waals surface area contributed by atoms with Crippen molar-refractivity contribution in [3.63, 3.8) is 0 Å². The van der Waals surface area contributed by atoms with Crippen LogP contribution in [0.25, 0.3) is 0 Å². The van der Waals surface area contributed by atoms with Gasteiger partial charge < -0.3 is 0 Å². The Hall–Kier alpha value is -1.94. The molecule has 0 aliphatic heterocycles. The number of aromatic nitrogens is 1. The average molecular weight is 392 g/mol. The standard InChI is InChI=1S/C15H15F3N2O3S2/c1-9-11(15(16,17)18)4-3-5-13(9)25(22,23)20-14(21)7-6-12-10(2)19-8-24-12/h3-5,8H,6-7H2,1-2H3,(H,20,21). The van der Waals surface area contributed by atoms with E-state index in [0.717, 1.165) is 35.7 Å². The third kappa shape index (κ3) is 4.57. The summed E-state index contributed by atoms with van der Waals surface area (Å²) in [6.07, 6.45) is -4.48. The first kappa shape index (κ1) is 19.4. The van der Waals surface area contributed by atoms with E-state index in [0.29, 0.717) is 6.42 Å². The summed E-state index contributed by atoms with van der Waals surface area (Å²) in [5, 5.41) is 0. The van der Waals surface area contributed by atoms with Gasteiger partial charge in [0, 0.05) is 11.3 Å². The van der Waals surface area contributed by atoms with E-state index in [4.69, 9.17) is 0 Å². The van der Waals surface area contributed by atoms with Crippen molar-refractivity contribution in [2.45, 2.75) is 37.8 Å². The number of sulfonamides is 1. The van der Waals surface area contributed by atoms with Crippen LogP contribution < -0.4 is 4.72 Å². The van der Waals surface area contributed by atoms with Gasteiger partial charge in [-0.3, -0.25) is 4.79 Å². The van der Waals surface area contributed by atoms with Crippen LogP contribution in [0.3, 0.4) is 0 Å². The zero-order valence-corrected chi connectivity index (χ0v) is 15.0. The van der Waals surface area contributed by atoms with Crippen LogP contribution in [-0.4, -0.2) is 19.3 Å². The summed E-state index contributed by atoms with van der Waals surface area (Å²) in [5.41, 5.74) is 0.872. The molecule has 0 aliphatic carbocycles. The highest BCUT2D eigenvalue weighted by molar-refractivity contribution is 7.90. The van der Waals surface area contributed by atoms with Crippen molar-refractivity contribution in [2.75, 3.05) is 0 Å². The molecule has 2 rings (SSSR count). The van der Waals surface area contributed by atoms with Crippen molar-refractivity contribution in [1.29, 1.82) is 0 Å². The maximum absolute atomic E-state index is 12.9. The maximum atomic E-state index is 12.9. The molecule has 25 heavy (non-hydrogen) atoms. The molecule has 1 amide bonds. The maximum Gasteiger partial charge on any atom is 0.416 e. The number of nitrogens with zero attached hydrogens (tertiary/aromatic N) is 1. The van der Waals surface area contributed by atoms with E-state index in [-0.39, 0.29) is 6.42 Å². The Morgan fingerprint density at radius 2 is 1.96 bits per heavy atom. The van der Waals surface area contributed by atoms with Gasteiger partial charge in [-0.2, -0.15) is 13.2 Å². The molecule has 1 aromatic carbocycles. The summed E-state index contributed by atoms with van der Waals surface area (Å²) in [7, 11) is -4.39. The second-order valence-corrected chi connectivity index (χ2v) is 7.91. The van der Waals surface area contributed by atoms with Crippen molar-refractivity contribution in [1.82, 2.24) is 9.71 Å². The highest BCUT2D eigenvalue weighted by Gasteiger charge is 2.34. The number of hydrogen-bond donors (Lipinski definition) is 1. The van der Waals surface area contributed by atoms with Gasteiger partial charge in [0.25, 0.3) is 10.0 Å². The molecule has 0 atom stereocenters. The third-order valence-corrected chi connectivity index (χ3v) is 6.06. The summed E-state index contributed by atoms with van der Waals surface area (Å²) >= 11 is 1.35. The fourth-order valence-electron chi connectivity index (χ4n) is 2.26. The number of amides is 1. The minimum Gasteiger partial charge on any atom is -0.274 e. The molecule has 1 N–H and O–H groups in total. The zero-order valence-electron chi connectivity index (χ0n) is 13.3. The molecular formula is C15H15F3N2O3S2. The largest absolute Gasteiger partial charge is 0.416 e. The molecule has 10 heteroatoms. The van der Waals surface area contributed by atoms with Gasteiger partial charge >= 0.3 is 6.18 Å². The Bertz CT molecular complexity index is 890. The Balaban J connectivity index is 2.16. The molecule has 0 bridgehead atoms. The Morgan fingerprint density at radius 1 is 1.28 bits per heavy atom. The van der Waals surface area contributed by atoms with Gasteiger partial charge in [0.05, 0.1) is 21.7 Å². The van der Waals surface area contributed by atoms with Gasteiger partial charge in [-0.1, -0.05) is 6.07 Å². The number of hydrogen-bond acceptors (Lipinski definition) is 5. The number of carbonyl (C=O) groups is 1. The van der Waals surface area contributed by atoms with E-state index in [1.807, 2.05) is 4.72 Å². The Morgan fingerprint density at radius 3 is 2.52 bits per heavy atom. The molecule has 0 saturated carbocycles. The Kier molecular flexibility index (Phi) is 5.52. The second kappa shape index (κ2) is 7.12. The molecule has 1 heterocycles. The molecule has 0 aliphatic rings. The van der Waals surface area contributed by atoms with Crippen LogP contribution in [0.5, 0.6) is 0 Å². The SMILES string of the molecule is Cc1ncsc1CCC(=O)NS(=O)(=O)c1cccc(C(F)(F)F)c1C. The summed E-state index contributed by atoms with van der Waals surface area (Å²) in [4.78, 5) is 16.2. The number of nitrogens with one attached hydrogen (secondary N) is 1. The lowest BCUT2D eigenvalue weighted by Gasteiger charge is -2.14. The number of halogens is 3. The quantitative estimate of drug-likeness (QED) is 0.848. The first-order chi connectivity index (χ1) is 11.5. The smallest absolute Gasteiger partial charge is 0.274 e. The molecule has 0 radical (unpaired) electrons. The topological polar surface area (TPSA) is 76.1 Å². The molecule has 0 fully saturated rings. The van der Waals surface area contributed by atoms with Crippen LogP contribution in [-0.2, 0) is 27.4 Å². The van der Waals surface area contributed by atoms with Gasteiger partial charge in [0.2, 0.25) is 5.91 Å². The molecule has 0 spiro atoms. The lowest BCUT2D eigenvalue weighted by molar-refractivity contribution is -0.138. The van der Waals surface area contributed by atoms with Crippen molar-refractivity contribution >= 4 is 27.3 Å². The van der Waals surface area contributed by atoms with Crippen LogP contribution in [0.1, 0.15) is 28.1 Å². The van der Waals surface area contributed by atoms with Gasteiger partial charge in [-0.15, -0.1) is 11.3 Å². The van der Waals surface area contributed by atoms with E-state index < -0.39 is 38.1 Å². The molecule has 0 saturated heterocycles. The fraction of sp³-hybridized carbons (Fsp3) is 0.333. The number of carbonyl (C=O) groups excluding carboxylic acids is 1. The molecule has 1 aromatic heterocycles. The summed E-state index contributed by atoms with van der Waals surface area (Å²) in [6.45, 7) is 2.83. The van der Waals surface area contributed by atoms with Crippen molar-refractivity contribution in [3.8, 4) is 0 Å². The van der Waals surface area contributed by atoms with Crippen molar-refractivity contribution < 1.29 is 26.4 Å². The number of aryl methyl sites for hydroxylation is 2. The van der Waals surface area contributed by atoms with Gasteiger partial charge in [0.15, 0.2) is 0 Å². The molecule has 136 valence electrons. The van der Waals surface area contributed by atoms with Crippen molar-refractivity contribution in [2.24, 2.45) is 0 Å². The summed E-state index contributed by atoms with van der Waals surface area (Å²) in [5.74, 6) is -0.787. The van der Waals surface area contributed by atoms with Crippen LogP contribution in [0.4, 0.5) is 13.2 Å². The van der Waals surface area contributed by atoms with Crippen molar-refractivity contribution in [3.05, 3.63) is 45.4 Å². The third-order valence-electron chi connectivity index (χ3n) is 3.55. The summed E-state index contributed by atoms with van der Waals surface area (Å²) < 4.78 is 65.1. The van der Waals surface area contributed by atoms with E-state index in [1.54, 1.807) is 12.4 Å². The van der Waals surface area contributed by atoms with Crippen LogP contribution in [0.15, 0.2) is 28.6 Å². The molecular weight excluding hydrogens is 377 g/mol. The van der Waals surface area contributed by atoms with Gasteiger partial charge in [-0.05, 0) is 38.0 Å². The predicted octanol–water partition coefficient (Wildman–Crippen LogP) is 3.22. The fourth-order valence-corrected chi connectivity index (χ4v) is 4.33. The van der Waals surface area contributed by atoms with E-state index in [9.17, 15) is 26.4 Å². The van der Waals surface area contributed by atoms with Gasteiger partial charge in [-0.25, -0.2) is 18.1 Å². The van der Waals surface area contributed by atoms with E-state index in [1.165, 1.54) is 11.3 Å².